The van der Waals surface area contributed by atoms with Crippen LogP contribution >= 0.6 is 0 Å². The van der Waals surface area contributed by atoms with Crippen molar-refractivity contribution in [3.8, 4) is 0 Å². The van der Waals surface area contributed by atoms with Crippen molar-refractivity contribution >= 4 is 28.3 Å². The third-order valence-electron chi connectivity index (χ3n) is 3.58. The first-order chi connectivity index (χ1) is 11.1. The first-order valence-corrected chi connectivity index (χ1v) is 7.10. The second-order valence-electron chi connectivity index (χ2n) is 5.07. The van der Waals surface area contributed by atoms with Crippen molar-refractivity contribution < 1.29 is 9.72 Å². The van der Waals surface area contributed by atoms with E-state index in [4.69, 9.17) is 0 Å². The maximum atomic E-state index is 12.2. The molecule has 112 valence electrons. The van der Waals surface area contributed by atoms with Gasteiger partial charge in [0.2, 0.25) is 0 Å². The maximum absolute atomic E-state index is 12.2. The van der Waals surface area contributed by atoms with Crippen molar-refractivity contribution in [2.45, 2.75) is 0 Å². The number of allylic oxidation sites excluding steroid dienone is 1. The fraction of sp³-hybridized carbons (Fsp3) is 0. The largest absolute Gasteiger partial charge is 0.289 e. The number of hydrogen-bond donors (Lipinski definition) is 0. The minimum atomic E-state index is -0.509. The zero-order valence-electron chi connectivity index (χ0n) is 12.2. The van der Waals surface area contributed by atoms with Crippen LogP contribution in [0.25, 0.3) is 16.8 Å². The number of fused-ring (bicyclic) bond motifs is 1. The Hall–Kier alpha value is -3.27. The second-order valence-corrected chi connectivity index (χ2v) is 5.07. The van der Waals surface area contributed by atoms with Crippen LogP contribution in [0.4, 0.5) is 5.69 Å². The van der Waals surface area contributed by atoms with Crippen molar-refractivity contribution in [2.75, 3.05) is 0 Å². The highest BCUT2D eigenvalue weighted by Gasteiger charge is 2.09. The lowest BCUT2D eigenvalue weighted by Gasteiger charge is -2.01. The molecular weight excluding hydrogens is 290 g/mol. The molecule has 0 radical (unpaired) electrons. The fourth-order valence-corrected chi connectivity index (χ4v) is 2.43. The fourth-order valence-electron chi connectivity index (χ4n) is 2.43. The van der Waals surface area contributed by atoms with Crippen molar-refractivity contribution in [1.29, 1.82) is 0 Å². The SMILES string of the molecule is O=C(C=Cc1cccc2ccccc12)c1cccc([N+](=O)[O-])c1. The molecule has 0 amide bonds. The summed E-state index contributed by atoms with van der Waals surface area (Å²) in [6.07, 6.45) is 3.18. The molecule has 0 aromatic heterocycles. The van der Waals surface area contributed by atoms with Crippen LogP contribution in [0, 0.1) is 10.1 Å². The highest BCUT2D eigenvalue weighted by atomic mass is 16.6. The molecule has 0 aliphatic heterocycles. The minimum Gasteiger partial charge on any atom is -0.289 e. The van der Waals surface area contributed by atoms with Crippen LogP contribution in [-0.2, 0) is 0 Å². The molecule has 0 heterocycles. The first kappa shape index (κ1) is 14.7. The number of nitro groups is 1. The Balaban J connectivity index is 1.91. The van der Waals surface area contributed by atoms with Crippen LogP contribution in [0.5, 0.6) is 0 Å². The summed E-state index contributed by atoms with van der Waals surface area (Å²) >= 11 is 0. The van der Waals surface area contributed by atoms with Gasteiger partial charge in [0.05, 0.1) is 4.92 Å². The van der Waals surface area contributed by atoms with Crippen LogP contribution in [0.1, 0.15) is 15.9 Å². The van der Waals surface area contributed by atoms with Gasteiger partial charge in [-0.2, -0.15) is 0 Å². The van der Waals surface area contributed by atoms with Gasteiger partial charge < -0.3 is 0 Å². The summed E-state index contributed by atoms with van der Waals surface area (Å²) in [4.78, 5) is 22.5. The van der Waals surface area contributed by atoms with E-state index < -0.39 is 4.92 Å². The van der Waals surface area contributed by atoms with E-state index in [1.54, 1.807) is 12.1 Å². The number of non-ortho nitro benzene ring substituents is 1. The third-order valence-corrected chi connectivity index (χ3v) is 3.58. The highest BCUT2D eigenvalue weighted by molar-refractivity contribution is 6.08. The van der Waals surface area contributed by atoms with Gasteiger partial charge in [0.25, 0.3) is 5.69 Å². The van der Waals surface area contributed by atoms with Gasteiger partial charge in [-0.15, -0.1) is 0 Å². The summed E-state index contributed by atoms with van der Waals surface area (Å²) < 4.78 is 0. The quantitative estimate of drug-likeness (QED) is 0.305. The number of rotatable bonds is 4. The summed E-state index contributed by atoms with van der Waals surface area (Å²) in [5.41, 5.74) is 1.15. The standard InChI is InChI=1S/C19H13NO3/c21-19(16-8-4-9-17(13-16)20(22)23)12-11-15-7-3-6-14-5-1-2-10-18(14)15/h1-13H. The predicted molar refractivity (Wildman–Crippen MR) is 90.4 cm³/mol. The van der Waals surface area contributed by atoms with Crippen LogP contribution in [0.3, 0.4) is 0 Å². The molecule has 3 aromatic rings. The molecule has 4 heteroatoms. The molecule has 0 atom stereocenters. The zero-order valence-corrected chi connectivity index (χ0v) is 12.2. The van der Waals surface area contributed by atoms with Crippen LogP contribution in [-0.4, -0.2) is 10.7 Å². The Kier molecular flexibility index (Phi) is 3.97. The molecular formula is C19H13NO3. The molecule has 23 heavy (non-hydrogen) atoms. The molecule has 4 nitrogen and oxygen atoms in total. The number of benzene rings is 3. The molecule has 0 N–H and O–H groups in total. The van der Waals surface area contributed by atoms with Crippen molar-refractivity contribution in [2.24, 2.45) is 0 Å². The van der Waals surface area contributed by atoms with E-state index in [0.29, 0.717) is 5.56 Å². The molecule has 0 saturated heterocycles. The normalized spacial score (nSPS) is 11.0. The minimum absolute atomic E-state index is 0.0885. The van der Waals surface area contributed by atoms with E-state index >= 15 is 0 Å². The number of ketones is 1. The smallest absolute Gasteiger partial charge is 0.270 e. The van der Waals surface area contributed by atoms with E-state index in [2.05, 4.69) is 0 Å². The van der Waals surface area contributed by atoms with E-state index in [0.717, 1.165) is 16.3 Å². The van der Waals surface area contributed by atoms with E-state index in [-0.39, 0.29) is 11.5 Å². The molecule has 3 aromatic carbocycles. The Morgan fingerprint density at radius 3 is 2.52 bits per heavy atom. The van der Waals surface area contributed by atoms with Gasteiger partial charge in [-0.1, -0.05) is 60.7 Å². The average Bonchev–Trinajstić information content (AvgIpc) is 2.59. The average molecular weight is 303 g/mol. The molecule has 0 spiro atoms. The number of nitrogens with zero attached hydrogens (tertiary/aromatic N) is 1. The van der Waals surface area contributed by atoms with E-state index in [1.165, 1.54) is 24.3 Å². The number of nitro benzene ring substituents is 1. The molecule has 0 unspecified atom stereocenters. The summed E-state index contributed by atoms with van der Waals surface area (Å²) in [5.74, 6) is -0.262. The topological polar surface area (TPSA) is 60.2 Å². The first-order valence-electron chi connectivity index (χ1n) is 7.10. The predicted octanol–water partition coefficient (Wildman–Crippen LogP) is 4.64. The van der Waals surface area contributed by atoms with Crippen LogP contribution in [0.15, 0.2) is 72.8 Å². The number of carbonyl (C=O) groups excluding carboxylic acids is 1. The number of hydrogen-bond acceptors (Lipinski definition) is 3. The Bertz CT molecular complexity index is 923. The van der Waals surface area contributed by atoms with Gasteiger partial charge in [0.1, 0.15) is 0 Å². The van der Waals surface area contributed by atoms with Crippen LogP contribution in [0.2, 0.25) is 0 Å². The third kappa shape index (κ3) is 3.16. The maximum Gasteiger partial charge on any atom is 0.270 e. The summed E-state index contributed by atoms with van der Waals surface area (Å²) in [6, 6.07) is 19.5. The lowest BCUT2D eigenvalue weighted by atomic mass is 10.0. The Labute approximate surface area is 132 Å². The van der Waals surface area contributed by atoms with Gasteiger partial charge in [-0.25, -0.2) is 0 Å². The summed E-state index contributed by atoms with van der Waals surface area (Å²) in [7, 11) is 0. The van der Waals surface area contributed by atoms with Gasteiger partial charge in [-0.05, 0) is 22.4 Å². The Morgan fingerprint density at radius 2 is 1.70 bits per heavy atom. The lowest BCUT2D eigenvalue weighted by molar-refractivity contribution is -0.384. The molecule has 0 aliphatic carbocycles. The molecule has 0 bridgehead atoms. The molecule has 0 saturated carbocycles. The monoisotopic (exact) mass is 303 g/mol. The van der Waals surface area contributed by atoms with Crippen LogP contribution < -0.4 is 0 Å². The van der Waals surface area contributed by atoms with E-state index in [1.807, 2.05) is 42.5 Å². The number of carbonyl (C=O) groups is 1. The van der Waals surface area contributed by atoms with Crippen molar-refractivity contribution in [3.63, 3.8) is 0 Å². The highest BCUT2D eigenvalue weighted by Crippen LogP contribution is 2.20. The van der Waals surface area contributed by atoms with Gasteiger partial charge in [-0.3, -0.25) is 14.9 Å². The molecule has 0 fully saturated rings. The van der Waals surface area contributed by atoms with Gasteiger partial charge >= 0.3 is 0 Å². The van der Waals surface area contributed by atoms with Crippen molar-refractivity contribution in [3.05, 3.63) is 94.0 Å². The zero-order chi connectivity index (χ0) is 16.2. The second kappa shape index (κ2) is 6.23. The lowest BCUT2D eigenvalue weighted by Crippen LogP contribution is -1.96. The molecule has 0 aliphatic rings. The summed E-state index contributed by atoms with van der Waals surface area (Å²) in [5, 5.41) is 12.9. The molecule has 3 rings (SSSR count). The van der Waals surface area contributed by atoms with E-state index in [9.17, 15) is 14.9 Å². The van der Waals surface area contributed by atoms with Gasteiger partial charge in [0, 0.05) is 17.7 Å². The summed E-state index contributed by atoms with van der Waals surface area (Å²) in [6.45, 7) is 0. The Morgan fingerprint density at radius 1 is 0.957 bits per heavy atom. The van der Waals surface area contributed by atoms with Gasteiger partial charge in [0.15, 0.2) is 5.78 Å². The van der Waals surface area contributed by atoms with Crippen molar-refractivity contribution in [1.82, 2.24) is 0 Å².